The van der Waals surface area contributed by atoms with Gasteiger partial charge in [0, 0.05) is 24.6 Å². The number of hydrogen-bond acceptors (Lipinski definition) is 3. The van der Waals surface area contributed by atoms with Crippen molar-refractivity contribution in [2.24, 2.45) is 0 Å². The minimum absolute atomic E-state index is 0.176. The number of nitrogens with zero attached hydrogens (tertiary/aromatic N) is 2. The lowest BCUT2D eigenvalue weighted by Crippen LogP contribution is -2.23. The molecule has 2 aromatic rings. The topological polar surface area (TPSA) is 70.7 Å². The van der Waals surface area contributed by atoms with Gasteiger partial charge in [0.05, 0.1) is 0 Å². The van der Waals surface area contributed by atoms with Crippen LogP contribution in [0.2, 0.25) is 0 Å². The van der Waals surface area contributed by atoms with Crippen LogP contribution in [0.15, 0.2) is 30.6 Å². The normalized spacial score (nSPS) is 10.2. The summed E-state index contributed by atoms with van der Waals surface area (Å²) in [6, 6.07) is 5.51. The number of rotatable bonds is 4. The van der Waals surface area contributed by atoms with E-state index in [-0.39, 0.29) is 5.91 Å². The van der Waals surface area contributed by atoms with E-state index in [0.29, 0.717) is 12.2 Å². The monoisotopic (exact) mass is 230 g/mol. The molecule has 17 heavy (non-hydrogen) atoms. The first-order valence-corrected chi connectivity index (χ1v) is 5.51. The van der Waals surface area contributed by atoms with Gasteiger partial charge in [-0.25, -0.2) is 0 Å². The zero-order valence-corrected chi connectivity index (χ0v) is 9.60. The van der Waals surface area contributed by atoms with Crippen LogP contribution in [0.4, 0.5) is 0 Å². The van der Waals surface area contributed by atoms with Crippen LogP contribution in [0.3, 0.4) is 0 Å². The van der Waals surface area contributed by atoms with Crippen molar-refractivity contribution in [1.82, 2.24) is 20.5 Å². The molecule has 0 radical (unpaired) electrons. The van der Waals surface area contributed by atoms with Crippen LogP contribution in [-0.2, 0) is 13.0 Å². The van der Waals surface area contributed by atoms with Crippen LogP contribution in [0.1, 0.15) is 28.7 Å². The maximum Gasteiger partial charge on any atom is 0.272 e. The van der Waals surface area contributed by atoms with Crippen molar-refractivity contribution in [3.05, 3.63) is 47.5 Å². The van der Waals surface area contributed by atoms with Gasteiger partial charge in [-0.1, -0.05) is 13.0 Å². The number of H-pyrrole nitrogens is 1. The fraction of sp³-hybridized carbons (Fsp3) is 0.250. The Morgan fingerprint density at radius 3 is 3.06 bits per heavy atom. The highest BCUT2D eigenvalue weighted by atomic mass is 16.1. The van der Waals surface area contributed by atoms with E-state index in [0.717, 1.165) is 17.7 Å². The van der Waals surface area contributed by atoms with Crippen LogP contribution in [0.25, 0.3) is 0 Å². The Labute approximate surface area is 99.3 Å². The number of nitrogens with one attached hydrogen (secondary N) is 2. The van der Waals surface area contributed by atoms with E-state index in [1.165, 1.54) is 0 Å². The summed E-state index contributed by atoms with van der Waals surface area (Å²) in [7, 11) is 0. The molecule has 1 amide bonds. The lowest BCUT2D eigenvalue weighted by molar-refractivity contribution is 0.0946. The number of carbonyl (C=O) groups excluding carboxylic acids is 1. The van der Waals surface area contributed by atoms with Crippen molar-refractivity contribution in [2.75, 3.05) is 0 Å². The van der Waals surface area contributed by atoms with Gasteiger partial charge in [0.1, 0.15) is 5.69 Å². The highest BCUT2D eigenvalue weighted by molar-refractivity contribution is 5.92. The van der Waals surface area contributed by atoms with Crippen molar-refractivity contribution in [3.63, 3.8) is 0 Å². The summed E-state index contributed by atoms with van der Waals surface area (Å²) in [6.45, 7) is 2.46. The highest BCUT2D eigenvalue weighted by Gasteiger charge is 2.09. The zero-order valence-electron chi connectivity index (χ0n) is 9.60. The van der Waals surface area contributed by atoms with E-state index in [9.17, 15) is 4.79 Å². The van der Waals surface area contributed by atoms with Crippen LogP contribution >= 0.6 is 0 Å². The van der Waals surface area contributed by atoms with Gasteiger partial charge in [-0.3, -0.25) is 14.9 Å². The molecule has 5 nitrogen and oxygen atoms in total. The van der Waals surface area contributed by atoms with E-state index in [4.69, 9.17) is 0 Å². The molecule has 0 aliphatic carbocycles. The molecule has 0 aliphatic heterocycles. The molecule has 0 saturated carbocycles. The molecule has 0 spiro atoms. The molecule has 0 unspecified atom stereocenters. The predicted molar refractivity (Wildman–Crippen MR) is 63.4 cm³/mol. The summed E-state index contributed by atoms with van der Waals surface area (Å²) in [4.78, 5) is 15.7. The fourth-order valence-corrected chi connectivity index (χ4v) is 1.43. The van der Waals surface area contributed by atoms with Gasteiger partial charge in [-0.05, 0) is 24.1 Å². The zero-order chi connectivity index (χ0) is 12.1. The van der Waals surface area contributed by atoms with Gasteiger partial charge in [0.25, 0.3) is 5.91 Å². The molecule has 0 atom stereocenters. The SMILES string of the molecule is CCc1cc(C(=O)NCc2cccnc2)n[nH]1. The Hall–Kier alpha value is -2.17. The van der Waals surface area contributed by atoms with E-state index in [1.807, 2.05) is 19.1 Å². The quantitative estimate of drug-likeness (QED) is 0.831. The second-order valence-corrected chi connectivity index (χ2v) is 3.68. The van der Waals surface area contributed by atoms with Gasteiger partial charge in [-0.2, -0.15) is 5.10 Å². The Morgan fingerprint density at radius 2 is 2.41 bits per heavy atom. The second kappa shape index (κ2) is 5.25. The van der Waals surface area contributed by atoms with Gasteiger partial charge < -0.3 is 5.32 Å². The minimum Gasteiger partial charge on any atom is -0.347 e. The fourth-order valence-electron chi connectivity index (χ4n) is 1.43. The Balaban J connectivity index is 1.93. The number of hydrogen-bond donors (Lipinski definition) is 2. The smallest absolute Gasteiger partial charge is 0.272 e. The van der Waals surface area contributed by atoms with Crippen LogP contribution in [0, 0.1) is 0 Å². The number of carbonyl (C=O) groups is 1. The molecule has 88 valence electrons. The van der Waals surface area contributed by atoms with Crippen LogP contribution in [-0.4, -0.2) is 21.1 Å². The van der Waals surface area contributed by atoms with Gasteiger partial charge in [0.15, 0.2) is 0 Å². The minimum atomic E-state index is -0.176. The Bertz CT molecular complexity index is 492. The number of aryl methyl sites for hydroxylation is 1. The number of amides is 1. The summed E-state index contributed by atoms with van der Waals surface area (Å²) in [6.07, 6.45) is 4.26. The van der Waals surface area contributed by atoms with Crippen molar-refractivity contribution in [3.8, 4) is 0 Å². The van der Waals surface area contributed by atoms with Crippen LogP contribution in [0.5, 0.6) is 0 Å². The molecule has 2 N–H and O–H groups in total. The van der Waals surface area contributed by atoms with Crippen LogP contribution < -0.4 is 5.32 Å². The van der Waals surface area contributed by atoms with E-state index in [1.54, 1.807) is 18.5 Å². The number of aromatic amines is 1. The average Bonchev–Trinajstić information content (AvgIpc) is 2.86. The summed E-state index contributed by atoms with van der Waals surface area (Å²) in [5, 5.41) is 9.55. The molecule has 2 aromatic heterocycles. The molecular weight excluding hydrogens is 216 g/mol. The molecule has 2 rings (SSSR count). The third-order valence-corrected chi connectivity index (χ3v) is 2.42. The first-order valence-electron chi connectivity index (χ1n) is 5.51. The molecule has 0 aromatic carbocycles. The van der Waals surface area contributed by atoms with Crippen molar-refractivity contribution >= 4 is 5.91 Å². The molecule has 0 fully saturated rings. The highest BCUT2D eigenvalue weighted by Crippen LogP contribution is 2.01. The number of pyridine rings is 1. The van der Waals surface area contributed by atoms with E-state index >= 15 is 0 Å². The molecule has 0 aliphatic rings. The first-order chi connectivity index (χ1) is 8.29. The lowest BCUT2D eigenvalue weighted by Gasteiger charge is -2.01. The molecule has 0 bridgehead atoms. The van der Waals surface area contributed by atoms with Crippen molar-refractivity contribution in [2.45, 2.75) is 19.9 Å². The molecule has 5 heteroatoms. The standard InChI is InChI=1S/C12H14N4O/c1-2-10-6-11(16-15-10)12(17)14-8-9-4-3-5-13-7-9/h3-7H,2,8H2,1H3,(H,14,17)(H,15,16). The third kappa shape index (κ3) is 2.90. The molecular formula is C12H14N4O. The van der Waals surface area contributed by atoms with Gasteiger partial charge >= 0.3 is 0 Å². The largest absolute Gasteiger partial charge is 0.347 e. The average molecular weight is 230 g/mol. The predicted octanol–water partition coefficient (Wildman–Crippen LogP) is 1.30. The lowest BCUT2D eigenvalue weighted by atomic mass is 10.2. The van der Waals surface area contributed by atoms with Crippen molar-refractivity contribution in [1.29, 1.82) is 0 Å². The Kier molecular flexibility index (Phi) is 3.49. The maximum atomic E-state index is 11.7. The second-order valence-electron chi connectivity index (χ2n) is 3.68. The summed E-state index contributed by atoms with van der Waals surface area (Å²) >= 11 is 0. The summed E-state index contributed by atoms with van der Waals surface area (Å²) in [5.74, 6) is -0.176. The van der Waals surface area contributed by atoms with Gasteiger partial charge in [-0.15, -0.1) is 0 Å². The molecule has 0 saturated heterocycles. The van der Waals surface area contributed by atoms with Crippen molar-refractivity contribution < 1.29 is 4.79 Å². The third-order valence-electron chi connectivity index (χ3n) is 2.42. The first kappa shape index (κ1) is 11.3. The molecule has 2 heterocycles. The summed E-state index contributed by atoms with van der Waals surface area (Å²) in [5.41, 5.74) is 2.34. The van der Waals surface area contributed by atoms with E-state index in [2.05, 4.69) is 20.5 Å². The maximum absolute atomic E-state index is 11.7. The Morgan fingerprint density at radius 1 is 1.53 bits per heavy atom. The number of aromatic nitrogens is 3. The van der Waals surface area contributed by atoms with Gasteiger partial charge in [0.2, 0.25) is 0 Å². The van der Waals surface area contributed by atoms with E-state index < -0.39 is 0 Å². The summed E-state index contributed by atoms with van der Waals surface area (Å²) < 4.78 is 0.